The number of rotatable bonds is 8. The van der Waals surface area contributed by atoms with E-state index < -0.39 is 6.04 Å². The monoisotopic (exact) mass is 533 g/mol. The predicted molar refractivity (Wildman–Crippen MR) is 151 cm³/mol. The molecule has 2 N–H and O–H groups in total. The first-order valence-electron chi connectivity index (χ1n) is 13.1. The van der Waals surface area contributed by atoms with Crippen LogP contribution in [-0.2, 0) is 11.3 Å². The summed E-state index contributed by atoms with van der Waals surface area (Å²) in [5.74, 6) is 1.24. The highest BCUT2D eigenvalue weighted by Gasteiger charge is 2.33. The molecule has 2 aromatic heterocycles. The molecule has 0 bridgehead atoms. The zero-order valence-corrected chi connectivity index (χ0v) is 22.4. The molecule has 3 heterocycles. The normalized spacial score (nSPS) is 15.3. The van der Waals surface area contributed by atoms with Gasteiger partial charge in [-0.15, -0.1) is 0 Å². The minimum absolute atomic E-state index is 0.136. The number of carbonyl (C=O) groups excluding carboxylic acids is 1. The summed E-state index contributed by atoms with van der Waals surface area (Å²) in [5.41, 5.74) is 2.66. The van der Waals surface area contributed by atoms with Gasteiger partial charge in [0.15, 0.2) is 0 Å². The Kier molecular flexibility index (Phi) is 7.42. The second-order valence-electron chi connectivity index (χ2n) is 9.84. The number of anilines is 2. The smallest absolute Gasteiger partial charge is 0.261 e. The van der Waals surface area contributed by atoms with Crippen molar-refractivity contribution in [3.05, 3.63) is 75.7 Å². The lowest BCUT2D eigenvalue weighted by atomic mass is 10.1. The Hall–Kier alpha value is -3.78. The molecule has 2 aromatic carbocycles. The molecule has 38 heavy (non-hydrogen) atoms. The number of carbonyl (C=O) groups is 1. The van der Waals surface area contributed by atoms with E-state index in [0.29, 0.717) is 47.5 Å². The van der Waals surface area contributed by atoms with Crippen molar-refractivity contribution in [1.29, 1.82) is 0 Å². The van der Waals surface area contributed by atoms with Gasteiger partial charge in [0, 0.05) is 47.7 Å². The number of hydrogen-bond acceptors (Lipinski definition) is 5. The molecular weight excluding hydrogens is 502 g/mol. The van der Waals surface area contributed by atoms with Crippen molar-refractivity contribution >= 4 is 34.8 Å². The summed E-state index contributed by atoms with van der Waals surface area (Å²) in [6.45, 7) is 5.30. The molecule has 1 aliphatic heterocycles. The van der Waals surface area contributed by atoms with Gasteiger partial charge in [0.05, 0.1) is 5.69 Å². The molecule has 1 fully saturated rings. The number of aromatic nitrogens is 3. The lowest BCUT2D eigenvalue weighted by Gasteiger charge is -2.29. The maximum Gasteiger partial charge on any atom is 0.261 e. The van der Waals surface area contributed by atoms with Gasteiger partial charge in [-0.25, -0.2) is 4.98 Å². The fraction of sp³-hybridized carbons (Fsp3) is 0.345. The summed E-state index contributed by atoms with van der Waals surface area (Å²) < 4.78 is 3.65. The van der Waals surface area contributed by atoms with E-state index in [1.165, 1.54) is 0 Å². The second-order valence-corrected chi connectivity index (χ2v) is 10.3. The Morgan fingerprint density at radius 3 is 2.68 bits per heavy atom. The largest absolute Gasteiger partial charge is 0.508 e. The Morgan fingerprint density at radius 1 is 1.16 bits per heavy atom. The molecule has 0 unspecified atom stereocenters. The average molecular weight is 534 g/mol. The van der Waals surface area contributed by atoms with E-state index in [2.05, 4.69) is 16.8 Å². The van der Waals surface area contributed by atoms with Gasteiger partial charge in [0.2, 0.25) is 11.7 Å². The van der Waals surface area contributed by atoms with Gasteiger partial charge >= 0.3 is 0 Å². The lowest BCUT2D eigenvalue weighted by Crippen LogP contribution is -2.42. The van der Waals surface area contributed by atoms with Crippen molar-refractivity contribution in [3.8, 4) is 17.0 Å². The van der Waals surface area contributed by atoms with Crippen LogP contribution in [0.1, 0.15) is 44.6 Å². The van der Waals surface area contributed by atoms with Crippen LogP contribution in [0.25, 0.3) is 17.0 Å². The Balaban J connectivity index is 1.53. The van der Waals surface area contributed by atoms with Crippen molar-refractivity contribution in [2.75, 3.05) is 16.8 Å². The number of benzene rings is 2. The third-order valence-electron chi connectivity index (χ3n) is 7.15. The molecule has 1 aliphatic rings. The number of fused-ring (bicyclic) bond motifs is 1. The maximum absolute atomic E-state index is 13.4. The van der Waals surface area contributed by atoms with Gasteiger partial charge in [0.1, 0.15) is 17.6 Å². The molecule has 1 saturated heterocycles. The molecule has 0 aliphatic carbocycles. The number of unbranched alkanes of at least 4 members (excludes halogenated alkanes) is 2. The number of halogens is 1. The molecule has 9 heteroatoms. The highest BCUT2D eigenvalue weighted by atomic mass is 35.5. The first-order valence-corrected chi connectivity index (χ1v) is 13.5. The van der Waals surface area contributed by atoms with E-state index >= 15 is 0 Å². The Morgan fingerprint density at radius 2 is 1.95 bits per heavy atom. The summed E-state index contributed by atoms with van der Waals surface area (Å²) >= 11 is 6.07. The van der Waals surface area contributed by atoms with Crippen molar-refractivity contribution in [2.45, 2.75) is 58.5 Å². The van der Waals surface area contributed by atoms with Gasteiger partial charge in [0.25, 0.3) is 5.56 Å². The standard InChI is InChI=1S/C29H32ClN5O3/c1-3-4-5-14-34-26(17-27(37)35-18-23(32-29(34)35)20-9-11-21(30)12-10-20)33-15-6-7-24(33)28(38)31-22-13-8-19(2)25(36)16-22/h8-13,16-18,24,36H,3-7,14-15H2,1-2H3,(H,31,38)/t24-/m0/s1. The minimum atomic E-state index is -0.441. The van der Waals surface area contributed by atoms with Crippen LogP contribution in [-0.4, -0.2) is 37.6 Å². The first-order chi connectivity index (χ1) is 18.4. The number of amides is 1. The molecule has 0 spiro atoms. The number of nitrogens with zero attached hydrogens (tertiary/aromatic N) is 4. The fourth-order valence-corrected chi connectivity index (χ4v) is 5.17. The van der Waals surface area contributed by atoms with E-state index in [-0.39, 0.29) is 17.2 Å². The van der Waals surface area contributed by atoms with Crippen LogP contribution >= 0.6 is 11.6 Å². The minimum Gasteiger partial charge on any atom is -0.508 e. The van der Waals surface area contributed by atoms with Crippen LogP contribution in [0, 0.1) is 6.92 Å². The SMILES string of the molecule is CCCCCn1c(N2CCC[C@H]2C(=O)Nc2ccc(C)c(O)c2)cc(=O)n2cc(-c3ccc(Cl)cc3)nc12. The highest BCUT2D eigenvalue weighted by Crippen LogP contribution is 2.29. The van der Waals surface area contributed by atoms with Crippen LogP contribution in [0.2, 0.25) is 5.02 Å². The number of aromatic hydroxyl groups is 1. The topological polar surface area (TPSA) is 91.9 Å². The molecule has 198 valence electrons. The average Bonchev–Trinajstić information content (AvgIpc) is 3.56. The van der Waals surface area contributed by atoms with E-state index in [0.717, 1.165) is 36.8 Å². The second kappa shape index (κ2) is 10.9. The number of nitrogens with one attached hydrogen (secondary N) is 1. The van der Waals surface area contributed by atoms with Crippen LogP contribution in [0.15, 0.2) is 59.5 Å². The third-order valence-corrected chi connectivity index (χ3v) is 7.40. The summed E-state index contributed by atoms with van der Waals surface area (Å²) in [6.07, 6.45) is 6.30. The number of phenolic OH excluding ortho intramolecular Hbond substituents is 1. The molecule has 5 rings (SSSR count). The molecule has 1 amide bonds. The number of aryl methyl sites for hydroxylation is 2. The molecule has 0 radical (unpaired) electrons. The van der Waals surface area contributed by atoms with Gasteiger partial charge in [-0.3, -0.25) is 18.6 Å². The fourth-order valence-electron chi connectivity index (χ4n) is 5.04. The highest BCUT2D eigenvalue weighted by molar-refractivity contribution is 6.30. The van der Waals surface area contributed by atoms with Gasteiger partial charge in [-0.05, 0) is 49.9 Å². The maximum atomic E-state index is 13.4. The summed E-state index contributed by atoms with van der Waals surface area (Å²) in [5, 5.41) is 13.6. The molecule has 0 saturated carbocycles. The van der Waals surface area contributed by atoms with Crippen molar-refractivity contribution in [2.24, 2.45) is 0 Å². The van der Waals surface area contributed by atoms with Gasteiger partial charge in [-0.1, -0.05) is 49.6 Å². The Labute approximate surface area is 226 Å². The summed E-state index contributed by atoms with van der Waals surface area (Å²) in [7, 11) is 0. The van der Waals surface area contributed by atoms with Crippen molar-refractivity contribution < 1.29 is 9.90 Å². The van der Waals surface area contributed by atoms with Crippen LogP contribution in [0.5, 0.6) is 5.75 Å². The van der Waals surface area contributed by atoms with Gasteiger partial charge < -0.3 is 15.3 Å². The molecular formula is C29H32ClN5O3. The van der Waals surface area contributed by atoms with Crippen molar-refractivity contribution in [1.82, 2.24) is 14.0 Å². The first kappa shape index (κ1) is 25.9. The number of phenols is 1. The zero-order chi connectivity index (χ0) is 26.8. The zero-order valence-electron chi connectivity index (χ0n) is 21.7. The van der Waals surface area contributed by atoms with E-state index in [1.807, 2.05) is 24.0 Å². The molecule has 1 atom stereocenters. The van der Waals surface area contributed by atoms with E-state index in [9.17, 15) is 14.7 Å². The van der Waals surface area contributed by atoms with E-state index in [1.54, 1.807) is 47.0 Å². The van der Waals surface area contributed by atoms with E-state index in [4.69, 9.17) is 16.6 Å². The Bertz CT molecular complexity index is 1530. The molecule has 4 aromatic rings. The summed E-state index contributed by atoms with van der Waals surface area (Å²) in [4.78, 5) is 33.6. The molecule has 8 nitrogen and oxygen atoms in total. The summed E-state index contributed by atoms with van der Waals surface area (Å²) in [6, 6.07) is 13.7. The van der Waals surface area contributed by atoms with Crippen LogP contribution in [0.3, 0.4) is 0 Å². The number of imidazole rings is 1. The predicted octanol–water partition coefficient (Wildman–Crippen LogP) is 5.63. The van der Waals surface area contributed by atoms with Gasteiger partial charge in [-0.2, -0.15) is 0 Å². The van der Waals surface area contributed by atoms with Crippen molar-refractivity contribution in [3.63, 3.8) is 0 Å². The van der Waals surface area contributed by atoms with Crippen LogP contribution in [0.4, 0.5) is 11.5 Å². The third kappa shape index (κ3) is 5.13. The lowest BCUT2D eigenvalue weighted by molar-refractivity contribution is -0.117. The number of hydrogen-bond donors (Lipinski definition) is 2. The quantitative estimate of drug-likeness (QED) is 0.286. The van der Waals surface area contributed by atoms with Crippen LogP contribution < -0.4 is 15.8 Å².